The van der Waals surface area contributed by atoms with Crippen molar-refractivity contribution in [3.8, 4) is 0 Å². The van der Waals surface area contributed by atoms with Gasteiger partial charge in [-0.25, -0.2) is 0 Å². The molecular weight excluding hydrogens is 216 g/mol. The van der Waals surface area contributed by atoms with Crippen LogP contribution in [0.2, 0.25) is 0 Å². The Morgan fingerprint density at radius 1 is 1.41 bits per heavy atom. The van der Waals surface area contributed by atoms with Gasteiger partial charge in [0.1, 0.15) is 0 Å². The van der Waals surface area contributed by atoms with Gasteiger partial charge in [-0.05, 0) is 38.1 Å². The van der Waals surface area contributed by atoms with Gasteiger partial charge in [0.15, 0.2) is 0 Å². The van der Waals surface area contributed by atoms with E-state index >= 15 is 0 Å². The Kier molecular flexibility index (Phi) is 4.80. The van der Waals surface area contributed by atoms with Gasteiger partial charge in [-0.2, -0.15) is 0 Å². The molecule has 2 aliphatic rings. The predicted molar refractivity (Wildman–Crippen MR) is 66.8 cm³/mol. The van der Waals surface area contributed by atoms with Crippen molar-refractivity contribution in [2.75, 3.05) is 19.7 Å². The van der Waals surface area contributed by atoms with Gasteiger partial charge < -0.3 is 15.4 Å². The molecule has 0 spiro atoms. The average Bonchev–Trinajstić information content (AvgIpc) is 2.30. The van der Waals surface area contributed by atoms with Crippen LogP contribution in [0.1, 0.15) is 39.0 Å². The molecule has 0 aromatic rings. The lowest BCUT2D eigenvalue weighted by atomic mass is 9.97. The Labute approximate surface area is 103 Å². The van der Waals surface area contributed by atoms with Gasteiger partial charge in [-0.1, -0.05) is 6.92 Å². The third-order valence-electron chi connectivity index (χ3n) is 3.62. The Bertz CT molecular complexity index is 252. The third kappa shape index (κ3) is 4.28. The molecule has 2 rings (SSSR count). The predicted octanol–water partition coefficient (Wildman–Crippen LogP) is 1.06. The summed E-state index contributed by atoms with van der Waals surface area (Å²) in [5, 5.41) is 6.46. The first kappa shape index (κ1) is 12.8. The third-order valence-corrected chi connectivity index (χ3v) is 3.62. The Balaban J connectivity index is 1.68. The van der Waals surface area contributed by atoms with E-state index in [1.165, 1.54) is 6.42 Å². The van der Waals surface area contributed by atoms with E-state index in [1.807, 2.05) is 0 Å². The fourth-order valence-electron chi connectivity index (χ4n) is 2.73. The van der Waals surface area contributed by atoms with Gasteiger partial charge in [0.2, 0.25) is 5.91 Å². The lowest BCUT2D eigenvalue weighted by Crippen LogP contribution is -2.48. The maximum Gasteiger partial charge on any atom is 0.222 e. The van der Waals surface area contributed by atoms with Crippen molar-refractivity contribution in [3.05, 3.63) is 0 Å². The first-order chi connectivity index (χ1) is 8.24. The maximum atomic E-state index is 11.9. The molecule has 17 heavy (non-hydrogen) atoms. The first-order valence-electron chi connectivity index (χ1n) is 6.85. The van der Waals surface area contributed by atoms with Gasteiger partial charge in [-0.3, -0.25) is 4.79 Å². The molecular formula is C13H24N2O2. The summed E-state index contributed by atoms with van der Waals surface area (Å²) >= 11 is 0. The number of carbonyl (C=O) groups is 1. The Morgan fingerprint density at radius 3 is 3.00 bits per heavy atom. The highest BCUT2D eigenvalue weighted by molar-refractivity contribution is 5.76. The van der Waals surface area contributed by atoms with E-state index in [2.05, 4.69) is 17.6 Å². The van der Waals surface area contributed by atoms with Crippen LogP contribution in [-0.2, 0) is 9.53 Å². The number of amides is 1. The van der Waals surface area contributed by atoms with Crippen LogP contribution in [0.5, 0.6) is 0 Å². The van der Waals surface area contributed by atoms with E-state index in [4.69, 9.17) is 4.74 Å². The molecule has 2 heterocycles. The summed E-state index contributed by atoms with van der Waals surface area (Å²) in [5.41, 5.74) is 0. The monoisotopic (exact) mass is 240 g/mol. The molecule has 4 nitrogen and oxygen atoms in total. The molecule has 3 unspecified atom stereocenters. The molecule has 2 saturated heterocycles. The second kappa shape index (κ2) is 6.36. The van der Waals surface area contributed by atoms with Crippen molar-refractivity contribution >= 4 is 5.91 Å². The lowest BCUT2D eigenvalue weighted by molar-refractivity contribution is -0.125. The van der Waals surface area contributed by atoms with E-state index < -0.39 is 0 Å². The number of carbonyl (C=O) groups excluding carboxylic acids is 1. The summed E-state index contributed by atoms with van der Waals surface area (Å²) in [4.78, 5) is 11.9. The normalized spacial score (nSPS) is 34.3. The van der Waals surface area contributed by atoms with Gasteiger partial charge >= 0.3 is 0 Å². The quantitative estimate of drug-likeness (QED) is 0.775. The number of ether oxygens (including phenoxy) is 1. The Hall–Kier alpha value is -0.610. The van der Waals surface area contributed by atoms with E-state index in [1.54, 1.807) is 0 Å². The highest BCUT2D eigenvalue weighted by atomic mass is 16.5. The van der Waals surface area contributed by atoms with Crippen molar-refractivity contribution < 1.29 is 9.53 Å². The van der Waals surface area contributed by atoms with E-state index in [0.29, 0.717) is 18.4 Å². The summed E-state index contributed by atoms with van der Waals surface area (Å²) in [5.74, 6) is 0.804. The highest BCUT2D eigenvalue weighted by Gasteiger charge is 2.22. The highest BCUT2D eigenvalue weighted by Crippen LogP contribution is 2.16. The minimum absolute atomic E-state index is 0.151. The second-order valence-corrected chi connectivity index (χ2v) is 5.46. The summed E-state index contributed by atoms with van der Waals surface area (Å²) in [6.45, 7) is 5.01. The molecule has 0 radical (unpaired) electrons. The largest absolute Gasteiger partial charge is 0.378 e. The molecule has 2 fully saturated rings. The lowest BCUT2D eigenvalue weighted by Gasteiger charge is -2.29. The number of hydrogen-bond acceptors (Lipinski definition) is 3. The molecule has 3 atom stereocenters. The van der Waals surface area contributed by atoms with Gasteiger partial charge in [0.25, 0.3) is 0 Å². The molecule has 1 amide bonds. The molecule has 4 heteroatoms. The van der Waals surface area contributed by atoms with Crippen LogP contribution in [0.15, 0.2) is 0 Å². The zero-order valence-electron chi connectivity index (χ0n) is 10.7. The van der Waals surface area contributed by atoms with Gasteiger partial charge in [-0.15, -0.1) is 0 Å². The van der Waals surface area contributed by atoms with Crippen LogP contribution >= 0.6 is 0 Å². The molecule has 98 valence electrons. The van der Waals surface area contributed by atoms with Crippen LogP contribution in [0.25, 0.3) is 0 Å². The SMILES string of the molecule is CC1CNCC(NC(=O)CC2CCCCO2)C1. The van der Waals surface area contributed by atoms with E-state index in [0.717, 1.165) is 39.0 Å². The summed E-state index contributed by atoms with van der Waals surface area (Å²) in [6.07, 6.45) is 5.14. The maximum absolute atomic E-state index is 11.9. The summed E-state index contributed by atoms with van der Waals surface area (Å²) in [7, 11) is 0. The van der Waals surface area contributed by atoms with Crippen molar-refractivity contribution in [2.24, 2.45) is 5.92 Å². The minimum Gasteiger partial charge on any atom is -0.378 e. The molecule has 0 aromatic heterocycles. The molecule has 0 bridgehead atoms. The van der Waals surface area contributed by atoms with Gasteiger partial charge in [0, 0.05) is 19.2 Å². The molecule has 2 aliphatic heterocycles. The fraction of sp³-hybridized carbons (Fsp3) is 0.923. The number of nitrogens with one attached hydrogen (secondary N) is 2. The summed E-state index contributed by atoms with van der Waals surface area (Å²) in [6, 6.07) is 0.301. The number of piperidine rings is 1. The summed E-state index contributed by atoms with van der Waals surface area (Å²) < 4.78 is 5.58. The zero-order chi connectivity index (χ0) is 12.1. The topological polar surface area (TPSA) is 50.4 Å². The first-order valence-corrected chi connectivity index (χ1v) is 6.85. The van der Waals surface area contributed by atoms with Crippen molar-refractivity contribution in [2.45, 2.75) is 51.2 Å². The van der Waals surface area contributed by atoms with E-state index in [-0.39, 0.29) is 12.0 Å². The number of hydrogen-bond donors (Lipinski definition) is 2. The minimum atomic E-state index is 0.151. The van der Waals surface area contributed by atoms with Crippen LogP contribution in [0, 0.1) is 5.92 Å². The van der Waals surface area contributed by atoms with Gasteiger partial charge in [0.05, 0.1) is 12.5 Å². The van der Waals surface area contributed by atoms with Crippen LogP contribution in [-0.4, -0.2) is 37.7 Å². The second-order valence-electron chi connectivity index (χ2n) is 5.46. The fourth-order valence-corrected chi connectivity index (χ4v) is 2.73. The van der Waals surface area contributed by atoms with Crippen molar-refractivity contribution in [3.63, 3.8) is 0 Å². The van der Waals surface area contributed by atoms with Crippen molar-refractivity contribution in [1.82, 2.24) is 10.6 Å². The van der Waals surface area contributed by atoms with E-state index in [9.17, 15) is 4.79 Å². The molecule has 0 saturated carbocycles. The van der Waals surface area contributed by atoms with Crippen LogP contribution in [0.4, 0.5) is 0 Å². The van der Waals surface area contributed by atoms with Crippen LogP contribution in [0.3, 0.4) is 0 Å². The Morgan fingerprint density at radius 2 is 2.29 bits per heavy atom. The van der Waals surface area contributed by atoms with Crippen LogP contribution < -0.4 is 10.6 Å². The number of rotatable bonds is 3. The smallest absolute Gasteiger partial charge is 0.222 e. The zero-order valence-corrected chi connectivity index (χ0v) is 10.7. The molecule has 2 N–H and O–H groups in total. The standard InChI is InChI=1S/C13H24N2O2/c1-10-6-11(9-14-8-10)15-13(16)7-12-4-2-3-5-17-12/h10-12,14H,2-9H2,1H3,(H,15,16). The molecule has 0 aromatic carbocycles. The average molecular weight is 240 g/mol. The van der Waals surface area contributed by atoms with Crippen molar-refractivity contribution in [1.29, 1.82) is 0 Å². The molecule has 0 aliphatic carbocycles.